The molecule has 0 N–H and O–H groups in total. The summed E-state index contributed by atoms with van der Waals surface area (Å²) in [5.74, 6) is 1.41. The third-order valence-electron chi connectivity index (χ3n) is 5.51. The largest absolute Gasteiger partial charge is 0.345 e. The highest BCUT2D eigenvalue weighted by molar-refractivity contribution is 5.93. The average molecular weight is 328 g/mol. The molecule has 0 spiro atoms. The normalized spacial score (nSPS) is 19.0. The number of rotatable bonds is 4. The third-order valence-corrected chi connectivity index (χ3v) is 5.51. The molecule has 2 aliphatic rings. The second kappa shape index (κ2) is 7.37. The number of carbonyl (C=O) groups excluding carboxylic acids is 2. The third kappa shape index (κ3) is 3.80. The molecule has 1 aliphatic heterocycles. The Morgan fingerprint density at radius 1 is 1.04 bits per heavy atom. The molecule has 24 heavy (non-hydrogen) atoms. The van der Waals surface area contributed by atoms with Gasteiger partial charge in [0, 0.05) is 38.7 Å². The lowest BCUT2D eigenvalue weighted by Gasteiger charge is -2.36. The Kier molecular flexibility index (Phi) is 5.22. The number of likely N-dealkylation sites (tertiary alicyclic amines) is 1. The van der Waals surface area contributed by atoms with Gasteiger partial charge in [-0.05, 0) is 55.7 Å². The highest BCUT2D eigenvalue weighted by Gasteiger charge is 2.31. The van der Waals surface area contributed by atoms with Crippen molar-refractivity contribution in [2.45, 2.75) is 38.5 Å². The van der Waals surface area contributed by atoms with Crippen molar-refractivity contribution >= 4 is 11.8 Å². The van der Waals surface area contributed by atoms with Gasteiger partial charge in [-0.1, -0.05) is 18.6 Å². The molecule has 0 unspecified atom stereocenters. The van der Waals surface area contributed by atoms with E-state index in [1.807, 2.05) is 12.1 Å². The molecule has 0 bridgehead atoms. The fraction of sp³-hybridized carbons (Fsp3) is 0.600. The summed E-state index contributed by atoms with van der Waals surface area (Å²) in [4.78, 5) is 27.9. The summed E-state index contributed by atoms with van der Waals surface area (Å²) in [5, 5.41) is 0. The molecule has 130 valence electrons. The number of hydrogen-bond acceptors (Lipinski definition) is 2. The van der Waals surface area contributed by atoms with Crippen molar-refractivity contribution < 1.29 is 9.59 Å². The van der Waals surface area contributed by atoms with Gasteiger partial charge >= 0.3 is 0 Å². The van der Waals surface area contributed by atoms with E-state index in [1.54, 1.807) is 19.0 Å². The zero-order valence-electron chi connectivity index (χ0n) is 14.8. The van der Waals surface area contributed by atoms with Crippen molar-refractivity contribution in [2.75, 3.05) is 27.2 Å². The highest BCUT2D eigenvalue weighted by Crippen LogP contribution is 2.30. The fourth-order valence-corrected chi connectivity index (χ4v) is 3.65. The van der Waals surface area contributed by atoms with Crippen LogP contribution in [-0.2, 0) is 11.2 Å². The summed E-state index contributed by atoms with van der Waals surface area (Å²) in [6.07, 6.45) is 6.64. The maximum Gasteiger partial charge on any atom is 0.253 e. The van der Waals surface area contributed by atoms with Crippen LogP contribution in [0, 0.1) is 11.8 Å². The first kappa shape index (κ1) is 17.0. The van der Waals surface area contributed by atoms with Crippen LogP contribution in [0.1, 0.15) is 48.0 Å². The molecule has 1 saturated heterocycles. The van der Waals surface area contributed by atoms with E-state index in [4.69, 9.17) is 0 Å². The van der Waals surface area contributed by atoms with Crippen molar-refractivity contribution in [2.24, 2.45) is 11.8 Å². The lowest BCUT2D eigenvalue weighted by Crippen LogP contribution is -2.43. The van der Waals surface area contributed by atoms with Crippen molar-refractivity contribution in [1.82, 2.24) is 9.80 Å². The van der Waals surface area contributed by atoms with Crippen LogP contribution in [-0.4, -0.2) is 48.8 Å². The van der Waals surface area contributed by atoms with Crippen molar-refractivity contribution in [3.05, 3.63) is 35.4 Å². The van der Waals surface area contributed by atoms with E-state index >= 15 is 0 Å². The highest BCUT2D eigenvalue weighted by atomic mass is 16.2. The molecule has 1 aliphatic carbocycles. The maximum absolute atomic E-state index is 12.3. The van der Waals surface area contributed by atoms with Gasteiger partial charge in [0.2, 0.25) is 5.91 Å². The average Bonchev–Trinajstić information content (AvgIpc) is 2.54. The first-order chi connectivity index (χ1) is 11.5. The number of piperidine rings is 1. The molecule has 0 atom stereocenters. The number of hydrogen-bond donors (Lipinski definition) is 0. The number of benzene rings is 1. The van der Waals surface area contributed by atoms with Gasteiger partial charge in [0.25, 0.3) is 5.91 Å². The molecule has 1 aromatic carbocycles. The number of carbonyl (C=O) groups is 2. The fourth-order valence-electron chi connectivity index (χ4n) is 3.65. The van der Waals surface area contributed by atoms with Gasteiger partial charge in [0.1, 0.15) is 0 Å². The lowest BCUT2D eigenvalue weighted by molar-refractivity contribution is -0.139. The second-order valence-electron chi connectivity index (χ2n) is 7.50. The van der Waals surface area contributed by atoms with Crippen molar-refractivity contribution in [3.63, 3.8) is 0 Å². The summed E-state index contributed by atoms with van der Waals surface area (Å²) >= 11 is 0. The van der Waals surface area contributed by atoms with Crippen molar-refractivity contribution in [3.8, 4) is 0 Å². The molecule has 1 heterocycles. The van der Waals surface area contributed by atoms with E-state index in [0.717, 1.165) is 50.8 Å². The van der Waals surface area contributed by atoms with E-state index in [2.05, 4.69) is 17.0 Å². The van der Waals surface area contributed by atoms with Crippen LogP contribution in [0.4, 0.5) is 0 Å². The quantitative estimate of drug-likeness (QED) is 0.852. The molecular formula is C20H28N2O2. The molecule has 4 heteroatoms. The number of amides is 2. The van der Waals surface area contributed by atoms with Gasteiger partial charge in [-0.2, -0.15) is 0 Å². The Morgan fingerprint density at radius 3 is 2.17 bits per heavy atom. The van der Waals surface area contributed by atoms with Gasteiger partial charge in [-0.25, -0.2) is 0 Å². The standard InChI is InChI=1S/C20H28N2O2/c1-21(2)19(23)18-8-6-15(7-9-18)14-16-10-12-22(13-11-16)20(24)17-4-3-5-17/h6-9,16-17H,3-5,10-14H2,1-2H3. The van der Waals surface area contributed by atoms with Gasteiger partial charge < -0.3 is 9.80 Å². The molecule has 1 saturated carbocycles. The Hall–Kier alpha value is -1.84. The zero-order chi connectivity index (χ0) is 17.1. The molecule has 2 amide bonds. The van der Waals surface area contributed by atoms with Gasteiger partial charge in [0.15, 0.2) is 0 Å². The second-order valence-corrected chi connectivity index (χ2v) is 7.50. The first-order valence-electron chi connectivity index (χ1n) is 9.14. The van der Waals surface area contributed by atoms with Crippen LogP contribution < -0.4 is 0 Å². The molecule has 0 radical (unpaired) electrons. The molecule has 2 fully saturated rings. The van der Waals surface area contributed by atoms with E-state index in [0.29, 0.717) is 17.7 Å². The zero-order valence-corrected chi connectivity index (χ0v) is 14.8. The minimum absolute atomic E-state index is 0.0457. The number of nitrogens with zero attached hydrogens (tertiary/aromatic N) is 2. The lowest BCUT2D eigenvalue weighted by atomic mass is 9.83. The first-order valence-corrected chi connectivity index (χ1v) is 9.14. The summed E-state index contributed by atoms with van der Waals surface area (Å²) in [6.45, 7) is 1.83. The van der Waals surface area contributed by atoms with E-state index in [1.165, 1.54) is 12.0 Å². The minimum Gasteiger partial charge on any atom is -0.345 e. The molecule has 0 aromatic heterocycles. The van der Waals surface area contributed by atoms with Crippen LogP contribution in [0.3, 0.4) is 0 Å². The molecule has 3 rings (SSSR count). The summed E-state index contributed by atoms with van der Waals surface area (Å²) in [5.41, 5.74) is 2.03. The maximum atomic E-state index is 12.3. The van der Waals surface area contributed by atoms with Crippen LogP contribution in [0.2, 0.25) is 0 Å². The molecule has 1 aromatic rings. The smallest absolute Gasteiger partial charge is 0.253 e. The summed E-state index contributed by atoms with van der Waals surface area (Å²) in [6, 6.07) is 7.99. The van der Waals surface area contributed by atoms with Crippen molar-refractivity contribution in [1.29, 1.82) is 0 Å². The van der Waals surface area contributed by atoms with Gasteiger partial charge in [-0.3, -0.25) is 9.59 Å². The summed E-state index contributed by atoms with van der Waals surface area (Å²) < 4.78 is 0. The van der Waals surface area contributed by atoms with E-state index < -0.39 is 0 Å². The Bertz CT molecular complexity index is 582. The minimum atomic E-state index is 0.0457. The van der Waals surface area contributed by atoms with Crippen LogP contribution in [0.5, 0.6) is 0 Å². The Morgan fingerprint density at radius 2 is 1.67 bits per heavy atom. The van der Waals surface area contributed by atoms with Gasteiger partial charge in [-0.15, -0.1) is 0 Å². The van der Waals surface area contributed by atoms with Gasteiger partial charge in [0.05, 0.1) is 0 Å². The van der Waals surface area contributed by atoms with E-state index in [-0.39, 0.29) is 5.91 Å². The topological polar surface area (TPSA) is 40.6 Å². The van der Waals surface area contributed by atoms with Crippen LogP contribution in [0.25, 0.3) is 0 Å². The van der Waals surface area contributed by atoms with E-state index in [9.17, 15) is 9.59 Å². The predicted octanol–water partition coefficient (Wildman–Crippen LogP) is 2.97. The summed E-state index contributed by atoms with van der Waals surface area (Å²) in [7, 11) is 3.55. The predicted molar refractivity (Wildman–Crippen MR) is 94.8 cm³/mol. The monoisotopic (exact) mass is 328 g/mol. The van der Waals surface area contributed by atoms with Crippen LogP contribution >= 0.6 is 0 Å². The molecular weight excluding hydrogens is 300 g/mol. The van der Waals surface area contributed by atoms with Crippen LogP contribution in [0.15, 0.2) is 24.3 Å². The Labute approximate surface area is 144 Å². The molecule has 4 nitrogen and oxygen atoms in total. The SMILES string of the molecule is CN(C)C(=O)c1ccc(CC2CCN(C(=O)C3CCC3)CC2)cc1. The Balaban J connectivity index is 1.49.